The van der Waals surface area contributed by atoms with E-state index < -0.39 is 0 Å². The third kappa shape index (κ3) is 5.49. The van der Waals surface area contributed by atoms with Crippen molar-refractivity contribution in [1.82, 2.24) is 15.5 Å². The predicted molar refractivity (Wildman–Crippen MR) is 101 cm³/mol. The van der Waals surface area contributed by atoms with Gasteiger partial charge >= 0.3 is 6.03 Å². The number of hydrogen-bond acceptors (Lipinski definition) is 3. The molecule has 1 saturated carbocycles. The molecular weight excluding hydrogens is 318 g/mol. The maximum absolute atomic E-state index is 12.0. The number of urea groups is 1. The molecule has 0 bridgehead atoms. The van der Waals surface area contributed by atoms with Gasteiger partial charge in [-0.1, -0.05) is 31.7 Å². The largest absolute Gasteiger partial charge is 0.337 e. The quantitative estimate of drug-likeness (QED) is 0.791. The van der Waals surface area contributed by atoms with E-state index in [1.165, 1.54) is 43.4 Å². The predicted octanol–water partition coefficient (Wildman–Crippen LogP) is 3.95. The van der Waals surface area contributed by atoms with Gasteiger partial charge in [0.1, 0.15) is 0 Å². The number of likely N-dealkylation sites (tertiary alicyclic amines) is 1. The highest BCUT2D eigenvalue weighted by Crippen LogP contribution is 2.30. The van der Waals surface area contributed by atoms with Gasteiger partial charge in [0.25, 0.3) is 0 Å². The summed E-state index contributed by atoms with van der Waals surface area (Å²) in [4.78, 5) is 16.1. The molecule has 134 valence electrons. The average molecular weight is 350 g/mol. The molecule has 0 aromatic carbocycles. The number of rotatable bonds is 5. The lowest BCUT2D eigenvalue weighted by molar-refractivity contribution is 0.208. The number of hydrogen-bond donors (Lipinski definition) is 2. The second-order valence-electron chi connectivity index (χ2n) is 7.22. The molecule has 2 heterocycles. The molecule has 0 radical (unpaired) electrons. The van der Waals surface area contributed by atoms with E-state index in [-0.39, 0.29) is 6.03 Å². The highest BCUT2D eigenvalue weighted by molar-refractivity contribution is 7.10. The molecule has 1 aliphatic carbocycles. The topological polar surface area (TPSA) is 44.4 Å². The summed E-state index contributed by atoms with van der Waals surface area (Å²) < 4.78 is 0. The second kappa shape index (κ2) is 9.42. The van der Waals surface area contributed by atoms with Gasteiger partial charge in [-0.2, -0.15) is 0 Å². The van der Waals surface area contributed by atoms with Crippen LogP contribution >= 0.6 is 11.3 Å². The van der Waals surface area contributed by atoms with Crippen molar-refractivity contribution in [3.05, 3.63) is 22.4 Å². The Hall–Kier alpha value is -1.07. The average Bonchev–Trinajstić information content (AvgIpc) is 3.01. The maximum Gasteiger partial charge on any atom is 0.315 e. The van der Waals surface area contributed by atoms with Crippen LogP contribution in [0.15, 0.2) is 17.5 Å². The molecule has 2 fully saturated rings. The molecule has 2 N–H and O–H groups in total. The molecular formula is C19H31N3OS. The van der Waals surface area contributed by atoms with E-state index in [0.717, 1.165) is 44.9 Å². The lowest BCUT2D eigenvalue weighted by Gasteiger charge is -2.31. The molecule has 1 aliphatic heterocycles. The van der Waals surface area contributed by atoms with Gasteiger partial charge in [-0.15, -0.1) is 11.3 Å². The standard InChI is InChI=1S/C19H31N3OS/c23-19(21-17-6-3-1-2-4-7-17)20-11-14-22-12-9-16(10-13-22)18-8-5-15-24-18/h5,8,15-17H,1-4,6-7,9-14H2,(H2,20,21,23). The molecule has 1 aromatic rings. The van der Waals surface area contributed by atoms with Crippen LogP contribution < -0.4 is 10.6 Å². The molecule has 5 heteroatoms. The fourth-order valence-corrected chi connectivity index (χ4v) is 4.85. The van der Waals surface area contributed by atoms with Crippen LogP contribution in [0.3, 0.4) is 0 Å². The van der Waals surface area contributed by atoms with Crippen LogP contribution in [0.25, 0.3) is 0 Å². The van der Waals surface area contributed by atoms with Crippen LogP contribution in [-0.2, 0) is 0 Å². The summed E-state index contributed by atoms with van der Waals surface area (Å²) in [6, 6.07) is 4.83. The Balaban J connectivity index is 1.28. The molecule has 0 atom stereocenters. The first kappa shape index (κ1) is 17.7. The second-order valence-corrected chi connectivity index (χ2v) is 8.20. The Kier molecular flexibility index (Phi) is 6.97. The number of nitrogens with one attached hydrogen (secondary N) is 2. The van der Waals surface area contributed by atoms with Crippen LogP contribution in [0, 0.1) is 0 Å². The molecule has 2 amide bonds. The first-order valence-corrected chi connectivity index (χ1v) is 10.5. The summed E-state index contributed by atoms with van der Waals surface area (Å²) in [6.07, 6.45) is 9.92. The zero-order valence-corrected chi connectivity index (χ0v) is 15.5. The van der Waals surface area contributed by atoms with Crippen molar-refractivity contribution in [2.45, 2.75) is 63.3 Å². The van der Waals surface area contributed by atoms with Crippen LogP contribution in [0.2, 0.25) is 0 Å². The summed E-state index contributed by atoms with van der Waals surface area (Å²) in [6.45, 7) is 4.01. The van der Waals surface area contributed by atoms with E-state index in [1.807, 2.05) is 11.3 Å². The summed E-state index contributed by atoms with van der Waals surface area (Å²) in [5, 5.41) is 8.38. The molecule has 24 heavy (non-hydrogen) atoms. The van der Waals surface area contributed by atoms with E-state index in [0.29, 0.717) is 6.04 Å². The third-order valence-corrected chi connectivity index (χ3v) is 6.47. The van der Waals surface area contributed by atoms with Gasteiger partial charge in [0.05, 0.1) is 0 Å². The first-order chi connectivity index (χ1) is 11.8. The highest BCUT2D eigenvalue weighted by Gasteiger charge is 2.21. The van der Waals surface area contributed by atoms with Crippen LogP contribution in [-0.4, -0.2) is 43.2 Å². The van der Waals surface area contributed by atoms with Gasteiger partial charge < -0.3 is 15.5 Å². The SMILES string of the molecule is O=C(NCCN1CCC(c2cccs2)CC1)NC1CCCCCC1. The summed E-state index contributed by atoms with van der Waals surface area (Å²) >= 11 is 1.89. The third-order valence-electron chi connectivity index (χ3n) is 5.44. The van der Waals surface area contributed by atoms with Crippen molar-refractivity contribution < 1.29 is 4.79 Å². The first-order valence-electron chi connectivity index (χ1n) is 9.61. The van der Waals surface area contributed by atoms with Gasteiger partial charge in [0, 0.05) is 24.0 Å². The fourth-order valence-electron chi connectivity index (χ4n) is 3.95. The van der Waals surface area contributed by atoms with E-state index in [4.69, 9.17) is 0 Å². The Bertz CT molecular complexity index is 475. The van der Waals surface area contributed by atoms with Crippen molar-refractivity contribution in [2.24, 2.45) is 0 Å². The molecule has 2 aliphatic rings. The zero-order chi connectivity index (χ0) is 16.6. The number of piperidine rings is 1. The Labute approximate surface area is 150 Å². The molecule has 4 nitrogen and oxygen atoms in total. The summed E-state index contributed by atoms with van der Waals surface area (Å²) in [5.41, 5.74) is 0. The Morgan fingerprint density at radius 3 is 2.54 bits per heavy atom. The van der Waals surface area contributed by atoms with E-state index in [2.05, 4.69) is 33.0 Å². The Morgan fingerprint density at radius 2 is 1.88 bits per heavy atom. The minimum atomic E-state index is 0.0235. The number of carbonyl (C=O) groups is 1. The monoisotopic (exact) mass is 349 g/mol. The smallest absolute Gasteiger partial charge is 0.315 e. The van der Waals surface area contributed by atoms with Gasteiger partial charge in [-0.05, 0) is 56.1 Å². The van der Waals surface area contributed by atoms with Crippen LogP contribution in [0.5, 0.6) is 0 Å². The Morgan fingerprint density at radius 1 is 1.12 bits per heavy atom. The number of thiophene rings is 1. The molecule has 1 aromatic heterocycles. The van der Waals surface area contributed by atoms with E-state index in [9.17, 15) is 4.79 Å². The molecule has 0 unspecified atom stereocenters. The number of nitrogens with zero attached hydrogens (tertiary/aromatic N) is 1. The van der Waals surface area contributed by atoms with Gasteiger partial charge in [-0.3, -0.25) is 0 Å². The number of amides is 2. The zero-order valence-electron chi connectivity index (χ0n) is 14.6. The fraction of sp³-hybridized carbons (Fsp3) is 0.737. The van der Waals surface area contributed by atoms with E-state index in [1.54, 1.807) is 0 Å². The maximum atomic E-state index is 12.0. The summed E-state index contributed by atoms with van der Waals surface area (Å²) in [5.74, 6) is 0.743. The van der Waals surface area contributed by atoms with Crippen LogP contribution in [0.4, 0.5) is 4.79 Å². The molecule has 0 spiro atoms. The molecule has 3 rings (SSSR count). The van der Waals surface area contributed by atoms with Gasteiger partial charge in [0.15, 0.2) is 0 Å². The highest BCUT2D eigenvalue weighted by atomic mass is 32.1. The van der Waals surface area contributed by atoms with Crippen molar-refractivity contribution in [3.63, 3.8) is 0 Å². The van der Waals surface area contributed by atoms with Crippen molar-refractivity contribution in [1.29, 1.82) is 0 Å². The molecule has 1 saturated heterocycles. The van der Waals surface area contributed by atoms with E-state index >= 15 is 0 Å². The van der Waals surface area contributed by atoms with Gasteiger partial charge in [-0.25, -0.2) is 4.79 Å². The normalized spacial score (nSPS) is 21.3. The van der Waals surface area contributed by atoms with Crippen LogP contribution in [0.1, 0.15) is 62.2 Å². The summed E-state index contributed by atoms with van der Waals surface area (Å²) in [7, 11) is 0. The van der Waals surface area contributed by atoms with Crippen molar-refractivity contribution in [2.75, 3.05) is 26.2 Å². The van der Waals surface area contributed by atoms with Crippen molar-refractivity contribution in [3.8, 4) is 0 Å². The lowest BCUT2D eigenvalue weighted by Crippen LogP contribution is -2.45. The lowest BCUT2D eigenvalue weighted by atomic mass is 9.95. The van der Waals surface area contributed by atoms with Gasteiger partial charge in [0.2, 0.25) is 0 Å². The number of carbonyl (C=O) groups excluding carboxylic acids is 1. The van der Waals surface area contributed by atoms with Crippen molar-refractivity contribution >= 4 is 17.4 Å². The minimum absolute atomic E-state index is 0.0235. The minimum Gasteiger partial charge on any atom is -0.337 e.